The second kappa shape index (κ2) is 8.94. The summed E-state index contributed by atoms with van der Waals surface area (Å²) in [5, 5.41) is 1.78. The number of amides is 1. The summed E-state index contributed by atoms with van der Waals surface area (Å²) in [6.07, 6.45) is 0. The quantitative estimate of drug-likeness (QED) is 0.485. The topological polar surface area (TPSA) is 36.4 Å². The number of anilines is 1. The number of halogens is 1. The molecule has 4 rings (SSSR count). The van der Waals surface area contributed by atoms with Gasteiger partial charge < -0.3 is 9.80 Å². The number of rotatable bonds is 5. The number of thiazole rings is 1. The Hall–Kier alpha value is -1.76. The molecule has 0 unspecified atom stereocenters. The average Bonchev–Trinajstić information content (AvgIpc) is 3.17. The minimum Gasteiger partial charge on any atom is -0.345 e. The Morgan fingerprint density at radius 1 is 1.14 bits per heavy atom. The highest BCUT2D eigenvalue weighted by Gasteiger charge is 2.23. The molecule has 152 valence electrons. The van der Waals surface area contributed by atoms with E-state index in [0.717, 1.165) is 41.7 Å². The van der Waals surface area contributed by atoms with Crippen molar-refractivity contribution >= 4 is 56.0 Å². The highest BCUT2D eigenvalue weighted by molar-refractivity contribution is 8.00. The number of benzene rings is 2. The van der Waals surface area contributed by atoms with Gasteiger partial charge >= 0.3 is 0 Å². The van der Waals surface area contributed by atoms with Gasteiger partial charge in [0.1, 0.15) is 0 Å². The summed E-state index contributed by atoms with van der Waals surface area (Å²) in [7, 11) is 0. The van der Waals surface area contributed by atoms with Crippen LogP contribution in [0.3, 0.4) is 0 Å². The number of hydrogen-bond acceptors (Lipinski definition) is 5. The third-order valence-electron chi connectivity index (χ3n) is 5.14. The monoisotopic (exact) mass is 445 g/mol. The number of nitrogens with zero attached hydrogens (tertiary/aromatic N) is 3. The molecule has 0 bridgehead atoms. The molecule has 3 aromatic rings. The van der Waals surface area contributed by atoms with Gasteiger partial charge in [0.15, 0.2) is 5.13 Å². The molecule has 0 atom stereocenters. The summed E-state index contributed by atoms with van der Waals surface area (Å²) < 4.78 is 1.24. The van der Waals surface area contributed by atoms with Gasteiger partial charge in [-0.3, -0.25) is 4.79 Å². The van der Waals surface area contributed by atoms with Crippen LogP contribution >= 0.6 is 34.7 Å². The number of carbonyl (C=O) groups is 1. The zero-order valence-electron chi connectivity index (χ0n) is 16.6. The smallest absolute Gasteiger partial charge is 0.233 e. The maximum atomic E-state index is 12.6. The second-order valence-electron chi connectivity index (χ2n) is 7.46. The predicted molar refractivity (Wildman–Crippen MR) is 125 cm³/mol. The third-order valence-corrected chi connectivity index (χ3v) is 7.47. The van der Waals surface area contributed by atoms with Gasteiger partial charge in [0.05, 0.1) is 16.0 Å². The zero-order chi connectivity index (χ0) is 20.4. The van der Waals surface area contributed by atoms with Crippen LogP contribution in [-0.2, 0) is 4.79 Å². The average molecular weight is 446 g/mol. The first-order valence-electron chi connectivity index (χ1n) is 9.82. The van der Waals surface area contributed by atoms with E-state index in [1.807, 2.05) is 29.2 Å². The Balaban J connectivity index is 1.35. The van der Waals surface area contributed by atoms with Crippen LogP contribution in [0.4, 0.5) is 5.13 Å². The SMILES string of the molecule is CC(C)c1cccc2sc(N3CCN(C(=O)CSc4ccc(Cl)cc4)CC3)nc12. The fourth-order valence-electron chi connectivity index (χ4n) is 3.47. The van der Waals surface area contributed by atoms with E-state index in [1.54, 1.807) is 23.1 Å². The predicted octanol–water partition coefficient (Wildman–Crippen LogP) is 5.51. The van der Waals surface area contributed by atoms with E-state index in [9.17, 15) is 4.79 Å². The fraction of sp³-hybridized carbons (Fsp3) is 0.364. The molecule has 7 heteroatoms. The number of thioether (sulfide) groups is 1. The summed E-state index contributed by atoms with van der Waals surface area (Å²) in [5.74, 6) is 1.11. The number of aromatic nitrogens is 1. The van der Waals surface area contributed by atoms with Crippen molar-refractivity contribution in [3.63, 3.8) is 0 Å². The summed E-state index contributed by atoms with van der Waals surface area (Å²) in [5.41, 5.74) is 2.43. The number of piperazine rings is 1. The highest BCUT2D eigenvalue weighted by atomic mass is 35.5. The van der Waals surface area contributed by atoms with Gasteiger partial charge in [-0.1, -0.05) is 48.9 Å². The Morgan fingerprint density at radius 3 is 2.55 bits per heavy atom. The normalized spacial score (nSPS) is 14.8. The van der Waals surface area contributed by atoms with Gasteiger partial charge in [0.25, 0.3) is 0 Å². The molecule has 0 N–H and O–H groups in total. The van der Waals surface area contributed by atoms with Crippen LogP contribution in [0.1, 0.15) is 25.3 Å². The molecular formula is C22H24ClN3OS2. The Kier molecular flexibility index (Phi) is 6.32. The van der Waals surface area contributed by atoms with Gasteiger partial charge in [0, 0.05) is 36.1 Å². The molecule has 1 aliphatic rings. The molecule has 2 aromatic carbocycles. The van der Waals surface area contributed by atoms with E-state index in [4.69, 9.17) is 16.6 Å². The van der Waals surface area contributed by atoms with Crippen molar-refractivity contribution in [2.75, 3.05) is 36.8 Å². The molecule has 0 saturated carbocycles. The molecule has 1 fully saturated rings. The standard InChI is InChI=1S/C22H24ClN3OS2/c1-15(2)18-4-3-5-19-21(18)24-22(29-19)26-12-10-25(11-13-26)20(27)14-28-17-8-6-16(23)7-9-17/h3-9,15H,10-14H2,1-2H3. The second-order valence-corrected chi connectivity index (χ2v) is 9.95. The van der Waals surface area contributed by atoms with Crippen LogP contribution in [0.2, 0.25) is 5.02 Å². The minimum absolute atomic E-state index is 0.191. The van der Waals surface area contributed by atoms with Gasteiger partial charge in [-0.05, 0) is 41.8 Å². The van der Waals surface area contributed by atoms with Crippen molar-refractivity contribution in [1.82, 2.24) is 9.88 Å². The molecule has 0 radical (unpaired) electrons. The largest absolute Gasteiger partial charge is 0.345 e. The van der Waals surface area contributed by atoms with Crippen molar-refractivity contribution < 1.29 is 4.79 Å². The lowest BCUT2D eigenvalue weighted by Crippen LogP contribution is -2.49. The van der Waals surface area contributed by atoms with Crippen LogP contribution in [0.25, 0.3) is 10.2 Å². The van der Waals surface area contributed by atoms with Gasteiger partial charge in [-0.2, -0.15) is 0 Å². The van der Waals surface area contributed by atoms with Crippen LogP contribution < -0.4 is 4.90 Å². The first kappa shape index (κ1) is 20.5. The van der Waals surface area contributed by atoms with Crippen molar-refractivity contribution in [1.29, 1.82) is 0 Å². The van der Waals surface area contributed by atoms with Crippen molar-refractivity contribution in [3.8, 4) is 0 Å². The lowest BCUT2D eigenvalue weighted by molar-refractivity contribution is -0.128. The van der Waals surface area contributed by atoms with Gasteiger partial charge in [0.2, 0.25) is 5.91 Å². The van der Waals surface area contributed by atoms with Crippen molar-refractivity contribution in [3.05, 3.63) is 53.1 Å². The molecule has 2 heterocycles. The third kappa shape index (κ3) is 4.71. The van der Waals surface area contributed by atoms with E-state index in [2.05, 4.69) is 36.9 Å². The lowest BCUT2D eigenvalue weighted by atomic mass is 10.0. The van der Waals surface area contributed by atoms with E-state index in [0.29, 0.717) is 16.7 Å². The van der Waals surface area contributed by atoms with Gasteiger partial charge in [-0.15, -0.1) is 11.8 Å². The van der Waals surface area contributed by atoms with Crippen molar-refractivity contribution in [2.45, 2.75) is 24.7 Å². The van der Waals surface area contributed by atoms with Gasteiger partial charge in [-0.25, -0.2) is 4.98 Å². The summed E-state index contributed by atoms with van der Waals surface area (Å²) in [4.78, 5) is 22.9. The first-order chi connectivity index (χ1) is 14.0. The molecule has 1 saturated heterocycles. The lowest BCUT2D eigenvalue weighted by Gasteiger charge is -2.34. The Morgan fingerprint density at radius 2 is 1.86 bits per heavy atom. The summed E-state index contributed by atoms with van der Waals surface area (Å²) in [6, 6.07) is 14.1. The highest BCUT2D eigenvalue weighted by Crippen LogP contribution is 2.33. The molecule has 1 aromatic heterocycles. The molecular weight excluding hydrogens is 422 g/mol. The maximum absolute atomic E-state index is 12.6. The number of fused-ring (bicyclic) bond motifs is 1. The van der Waals surface area contributed by atoms with E-state index < -0.39 is 0 Å². The van der Waals surface area contributed by atoms with Crippen LogP contribution in [-0.4, -0.2) is 47.7 Å². The summed E-state index contributed by atoms with van der Waals surface area (Å²) in [6.45, 7) is 7.56. The number of carbonyl (C=O) groups excluding carboxylic acids is 1. The van der Waals surface area contributed by atoms with E-state index in [-0.39, 0.29) is 5.91 Å². The molecule has 0 aliphatic carbocycles. The molecule has 0 spiro atoms. The number of para-hydroxylation sites is 1. The van der Waals surface area contributed by atoms with Crippen molar-refractivity contribution in [2.24, 2.45) is 0 Å². The summed E-state index contributed by atoms with van der Waals surface area (Å²) >= 11 is 9.23. The molecule has 1 amide bonds. The van der Waals surface area contributed by atoms with E-state index in [1.165, 1.54) is 10.3 Å². The molecule has 29 heavy (non-hydrogen) atoms. The molecule has 4 nitrogen and oxygen atoms in total. The Labute approximate surface area is 184 Å². The number of hydrogen-bond donors (Lipinski definition) is 0. The van der Waals surface area contributed by atoms with E-state index >= 15 is 0 Å². The maximum Gasteiger partial charge on any atom is 0.233 e. The van der Waals surface area contributed by atoms with Crippen LogP contribution in [0, 0.1) is 0 Å². The Bertz CT molecular complexity index is 995. The fourth-order valence-corrected chi connectivity index (χ4v) is 5.45. The minimum atomic E-state index is 0.191. The first-order valence-corrected chi connectivity index (χ1v) is 12.0. The molecule has 1 aliphatic heterocycles. The van der Waals surface area contributed by atoms with Crippen LogP contribution in [0.5, 0.6) is 0 Å². The zero-order valence-corrected chi connectivity index (χ0v) is 19.0. The van der Waals surface area contributed by atoms with Crippen LogP contribution in [0.15, 0.2) is 47.4 Å².